The van der Waals surface area contributed by atoms with E-state index in [0.717, 1.165) is 0 Å². The molecule has 0 saturated heterocycles. The fourth-order valence-corrected chi connectivity index (χ4v) is 3.52. The van der Waals surface area contributed by atoms with E-state index in [-0.39, 0.29) is 40.9 Å². The lowest BCUT2D eigenvalue weighted by atomic mass is 10.0. The van der Waals surface area contributed by atoms with Gasteiger partial charge in [-0.1, -0.05) is 37.3 Å². The van der Waals surface area contributed by atoms with Crippen LogP contribution in [0.4, 0.5) is 5.69 Å². The molecule has 136 valence electrons. The van der Waals surface area contributed by atoms with E-state index in [0.29, 0.717) is 11.3 Å². The molecule has 0 radical (unpaired) electrons. The van der Waals surface area contributed by atoms with E-state index in [2.05, 4.69) is 5.32 Å². The van der Waals surface area contributed by atoms with E-state index < -0.39 is 9.84 Å². The Morgan fingerprint density at radius 1 is 1.08 bits per heavy atom. The van der Waals surface area contributed by atoms with Crippen LogP contribution in [0.25, 0.3) is 0 Å². The van der Waals surface area contributed by atoms with Gasteiger partial charge >= 0.3 is 0 Å². The van der Waals surface area contributed by atoms with E-state index in [1.165, 1.54) is 0 Å². The molecule has 7 heteroatoms. The second-order valence-electron chi connectivity index (χ2n) is 5.91. The Morgan fingerprint density at radius 3 is 2.32 bits per heavy atom. The summed E-state index contributed by atoms with van der Waals surface area (Å²) in [6, 6.07) is 14.9. The van der Waals surface area contributed by atoms with Gasteiger partial charge in [0.1, 0.15) is 0 Å². The fourth-order valence-electron chi connectivity index (χ4n) is 2.16. The van der Waals surface area contributed by atoms with Crippen molar-refractivity contribution >= 4 is 33.8 Å². The number of nitrogens with one attached hydrogen (secondary N) is 1. The van der Waals surface area contributed by atoms with Crippen LogP contribution in [0.2, 0.25) is 0 Å². The Morgan fingerprint density at radius 2 is 1.72 bits per heavy atom. The zero-order chi connectivity index (χ0) is 17.7. The van der Waals surface area contributed by atoms with Crippen molar-refractivity contribution in [2.75, 3.05) is 5.32 Å². The number of sulfone groups is 1. The molecule has 2 aromatic carbocycles. The minimum atomic E-state index is -3.42. The van der Waals surface area contributed by atoms with Gasteiger partial charge in [0.2, 0.25) is 5.91 Å². The Bertz CT molecular complexity index is 808. The zero-order valence-electron chi connectivity index (χ0n) is 14.2. The van der Waals surface area contributed by atoms with E-state index in [9.17, 15) is 13.2 Å². The monoisotopic (exact) mass is 382 g/mol. The molecule has 1 amide bonds. The highest BCUT2D eigenvalue weighted by Crippen LogP contribution is 2.19. The standard InChI is InChI=1S/C18H22N2O3S.ClH/c1-13(14(2)19)18(21)20-16-8-6-7-15(11-16)12-24(22,23)17-9-4-3-5-10-17;/h3-11,13-14H,12,19H2,1-2H3,(H,20,21);1H. The van der Waals surface area contributed by atoms with Gasteiger partial charge in [-0.15, -0.1) is 12.4 Å². The number of amides is 1. The van der Waals surface area contributed by atoms with Crippen molar-refractivity contribution in [3.05, 3.63) is 60.2 Å². The number of rotatable bonds is 6. The largest absolute Gasteiger partial charge is 0.327 e. The lowest BCUT2D eigenvalue weighted by molar-refractivity contribution is -0.119. The molecule has 2 rings (SSSR count). The van der Waals surface area contributed by atoms with Crippen LogP contribution >= 0.6 is 12.4 Å². The summed E-state index contributed by atoms with van der Waals surface area (Å²) in [5, 5.41) is 2.78. The highest BCUT2D eigenvalue weighted by molar-refractivity contribution is 7.90. The fraction of sp³-hybridized carbons (Fsp3) is 0.278. The minimum Gasteiger partial charge on any atom is -0.327 e. The Kier molecular flexibility index (Phi) is 7.60. The average Bonchev–Trinajstić information content (AvgIpc) is 2.54. The molecule has 0 aliphatic heterocycles. The van der Waals surface area contributed by atoms with Crippen molar-refractivity contribution in [2.24, 2.45) is 11.7 Å². The third kappa shape index (κ3) is 5.85. The normalized spacial score (nSPS) is 13.4. The Labute approximate surface area is 155 Å². The summed E-state index contributed by atoms with van der Waals surface area (Å²) in [5.74, 6) is -0.640. The van der Waals surface area contributed by atoms with E-state index in [4.69, 9.17) is 5.73 Å². The second kappa shape index (κ2) is 8.99. The third-order valence-corrected chi connectivity index (χ3v) is 5.56. The van der Waals surface area contributed by atoms with Crippen LogP contribution in [-0.2, 0) is 20.4 Å². The van der Waals surface area contributed by atoms with Gasteiger partial charge in [-0.2, -0.15) is 0 Å². The lowest BCUT2D eigenvalue weighted by Crippen LogP contribution is -2.34. The first-order valence-electron chi connectivity index (χ1n) is 7.73. The van der Waals surface area contributed by atoms with Gasteiger partial charge in [-0.05, 0) is 36.8 Å². The first-order chi connectivity index (χ1) is 11.3. The van der Waals surface area contributed by atoms with Crippen molar-refractivity contribution in [1.82, 2.24) is 0 Å². The zero-order valence-corrected chi connectivity index (χ0v) is 15.8. The Hall–Kier alpha value is -1.89. The summed E-state index contributed by atoms with van der Waals surface area (Å²) >= 11 is 0. The van der Waals surface area contributed by atoms with E-state index >= 15 is 0 Å². The molecule has 2 aromatic rings. The molecule has 5 nitrogen and oxygen atoms in total. The molecule has 2 unspecified atom stereocenters. The molecule has 0 saturated carbocycles. The van der Waals surface area contributed by atoms with Gasteiger partial charge in [-0.3, -0.25) is 4.79 Å². The number of carbonyl (C=O) groups is 1. The predicted octanol–water partition coefficient (Wildman–Crippen LogP) is 3.00. The van der Waals surface area contributed by atoms with Crippen molar-refractivity contribution < 1.29 is 13.2 Å². The SMILES string of the molecule is CC(N)C(C)C(=O)Nc1cccc(CS(=O)(=O)c2ccccc2)c1.Cl. The minimum absolute atomic E-state index is 0. The molecule has 0 aromatic heterocycles. The Balaban J connectivity index is 0.00000312. The molecular weight excluding hydrogens is 360 g/mol. The van der Waals surface area contributed by atoms with Crippen LogP contribution in [-0.4, -0.2) is 20.4 Å². The molecule has 0 spiro atoms. The van der Waals surface area contributed by atoms with Crippen LogP contribution in [0.15, 0.2) is 59.5 Å². The molecule has 0 bridgehead atoms. The van der Waals surface area contributed by atoms with E-state index in [1.54, 1.807) is 68.4 Å². The maximum atomic E-state index is 12.4. The summed E-state index contributed by atoms with van der Waals surface area (Å²) in [7, 11) is -3.42. The summed E-state index contributed by atoms with van der Waals surface area (Å²) in [6.45, 7) is 3.52. The predicted molar refractivity (Wildman–Crippen MR) is 102 cm³/mol. The van der Waals surface area contributed by atoms with Crippen molar-refractivity contribution in [3.8, 4) is 0 Å². The topological polar surface area (TPSA) is 89.3 Å². The van der Waals surface area contributed by atoms with Crippen molar-refractivity contribution in [3.63, 3.8) is 0 Å². The maximum absolute atomic E-state index is 12.4. The van der Waals surface area contributed by atoms with Crippen LogP contribution < -0.4 is 11.1 Å². The van der Waals surface area contributed by atoms with Crippen LogP contribution in [0.5, 0.6) is 0 Å². The highest BCUT2D eigenvalue weighted by atomic mass is 35.5. The van der Waals surface area contributed by atoms with Gasteiger partial charge < -0.3 is 11.1 Å². The number of hydrogen-bond donors (Lipinski definition) is 2. The number of halogens is 1. The van der Waals surface area contributed by atoms with E-state index in [1.807, 2.05) is 0 Å². The molecule has 3 N–H and O–H groups in total. The van der Waals surface area contributed by atoms with Gasteiger partial charge in [0, 0.05) is 11.7 Å². The van der Waals surface area contributed by atoms with Crippen molar-refractivity contribution in [1.29, 1.82) is 0 Å². The van der Waals surface area contributed by atoms with Crippen molar-refractivity contribution in [2.45, 2.75) is 30.5 Å². The van der Waals surface area contributed by atoms with Gasteiger partial charge in [-0.25, -0.2) is 8.42 Å². The molecule has 0 heterocycles. The smallest absolute Gasteiger partial charge is 0.228 e. The number of carbonyl (C=O) groups excluding carboxylic acids is 1. The molecule has 0 aliphatic carbocycles. The maximum Gasteiger partial charge on any atom is 0.228 e. The summed E-state index contributed by atoms with van der Waals surface area (Å²) in [4.78, 5) is 12.3. The first kappa shape index (κ1) is 21.2. The number of benzene rings is 2. The summed E-state index contributed by atoms with van der Waals surface area (Å²) < 4.78 is 24.9. The summed E-state index contributed by atoms with van der Waals surface area (Å²) in [5.41, 5.74) is 6.91. The van der Waals surface area contributed by atoms with Gasteiger partial charge in [0.05, 0.1) is 16.6 Å². The number of hydrogen-bond acceptors (Lipinski definition) is 4. The molecule has 0 aliphatic rings. The number of nitrogens with two attached hydrogens (primary N) is 1. The van der Waals surface area contributed by atoms with Crippen LogP contribution in [0.3, 0.4) is 0 Å². The quantitative estimate of drug-likeness (QED) is 0.803. The lowest BCUT2D eigenvalue weighted by Gasteiger charge is -2.15. The van der Waals surface area contributed by atoms with Gasteiger partial charge in [0.25, 0.3) is 0 Å². The van der Waals surface area contributed by atoms with Crippen LogP contribution in [0, 0.1) is 5.92 Å². The average molecular weight is 383 g/mol. The first-order valence-corrected chi connectivity index (χ1v) is 9.38. The molecule has 2 atom stereocenters. The molecular formula is C18H23ClN2O3S. The van der Waals surface area contributed by atoms with Crippen LogP contribution in [0.1, 0.15) is 19.4 Å². The van der Waals surface area contributed by atoms with Gasteiger partial charge in [0.15, 0.2) is 9.84 Å². The number of anilines is 1. The summed E-state index contributed by atoms with van der Waals surface area (Å²) in [6.07, 6.45) is 0. The second-order valence-corrected chi connectivity index (χ2v) is 7.90. The third-order valence-electron chi connectivity index (χ3n) is 3.86. The molecule has 0 fully saturated rings. The molecule has 25 heavy (non-hydrogen) atoms. The highest BCUT2D eigenvalue weighted by Gasteiger charge is 2.18.